The van der Waals surface area contributed by atoms with Gasteiger partial charge in [-0.25, -0.2) is 0 Å². The van der Waals surface area contributed by atoms with Gasteiger partial charge in [0.15, 0.2) is 6.29 Å². The highest BCUT2D eigenvalue weighted by Gasteiger charge is 2.44. The van der Waals surface area contributed by atoms with Crippen LogP contribution in [0.2, 0.25) is 0 Å². The molecule has 1 amide bonds. The summed E-state index contributed by atoms with van der Waals surface area (Å²) >= 11 is 0. The number of amides is 1. The van der Waals surface area contributed by atoms with Crippen LogP contribution in [0.3, 0.4) is 0 Å². The van der Waals surface area contributed by atoms with Crippen molar-refractivity contribution in [1.82, 2.24) is 5.32 Å². The highest BCUT2D eigenvalue weighted by molar-refractivity contribution is 5.80. The maximum absolute atomic E-state index is 13.1. The normalized spacial score (nSPS) is 22.3. The van der Waals surface area contributed by atoms with Crippen molar-refractivity contribution < 1.29 is 50.0 Å². The number of unbranched alkanes of at least 4 members (excludes halogenated alkanes) is 21. The number of allylic oxidation sites excluding steroid dienone is 6. The van der Waals surface area contributed by atoms with Gasteiger partial charge in [-0.2, -0.15) is 0 Å². The first-order valence-electron chi connectivity index (χ1n) is 23.4. The van der Waals surface area contributed by atoms with Crippen LogP contribution in [0.4, 0.5) is 0 Å². The summed E-state index contributed by atoms with van der Waals surface area (Å²) in [6.07, 6.45) is 30.5. The van der Waals surface area contributed by atoms with Gasteiger partial charge in [-0.05, 0) is 64.2 Å². The number of carbonyl (C=O) groups is 1. The molecule has 0 bridgehead atoms. The van der Waals surface area contributed by atoms with Crippen molar-refractivity contribution in [3.8, 4) is 0 Å². The minimum Gasteiger partial charge on any atom is -0.394 e. The quantitative estimate of drug-likeness (QED) is 0.0175. The smallest absolute Gasteiger partial charge is 0.249 e. The van der Waals surface area contributed by atoms with Crippen molar-refractivity contribution in [2.75, 3.05) is 13.2 Å². The molecule has 1 aliphatic heterocycles. The number of hydrogen-bond donors (Lipinski definition) is 8. The fourth-order valence-electron chi connectivity index (χ4n) is 7.25. The number of rotatable bonds is 38. The topological polar surface area (TPSA) is 189 Å². The summed E-state index contributed by atoms with van der Waals surface area (Å²) < 4.78 is 11.1. The minimum atomic E-state index is -1.67. The molecule has 9 atom stereocenters. The van der Waals surface area contributed by atoms with Gasteiger partial charge in [-0.1, -0.05) is 159 Å². The average Bonchev–Trinajstić information content (AvgIpc) is 3.22. The summed E-state index contributed by atoms with van der Waals surface area (Å²) in [5.41, 5.74) is 0. The second-order valence-electron chi connectivity index (χ2n) is 16.5. The molecule has 1 heterocycles. The van der Waals surface area contributed by atoms with E-state index in [1.165, 1.54) is 103 Å². The summed E-state index contributed by atoms with van der Waals surface area (Å²) in [5, 5.41) is 75.6. The Morgan fingerprint density at radius 1 is 0.603 bits per heavy atom. The molecule has 1 aliphatic rings. The van der Waals surface area contributed by atoms with Crippen LogP contribution in [-0.2, 0) is 14.3 Å². The van der Waals surface area contributed by atoms with E-state index in [4.69, 9.17) is 9.47 Å². The molecular weight excluding hydrogens is 739 g/mol. The molecule has 0 aromatic heterocycles. The Kier molecular flexibility index (Phi) is 34.8. The van der Waals surface area contributed by atoms with Crippen LogP contribution >= 0.6 is 0 Å². The first kappa shape index (κ1) is 54.3. The SMILES string of the molecule is CCCCC/C=C\C=C/CCCCCCCCCCCC(O)C(=O)NC(COC1OC(CO)C(O)C(O)C1O)C(O)C(O)CCC/C=C/CCCCCCCCCC. The van der Waals surface area contributed by atoms with Crippen molar-refractivity contribution in [3.63, 3.8) is 0 Å². The summed E-state index contributed by atoms with van der Waals surface area (Å²) in [6, 6.07) is -1.18. The second-order valence-corrected chi connectivity index (χ2v) is 16.5. The van der Waals surface area contributed by atoms with Gasteiger partial charge in [0.2, 0.25) is 5.91 Å². The third-order valence-electron chi connectivity index (χ3n) is 11.2. The molecule has 11 nitrogen and oxygen atoms in total. The van der Waals surface area contributed by atoms with Crippen molar-refractivity contribution in [1.29, 1.82) is 0 Å². The van der Waals surface area contributed by atoms with Crippen molar-refractivity contribution >= 4 is 5.91 Å². The van der Waals surface area contributed by atoms with Crippen molar-refractivity contribution in [2.24, 2.45) is 0 Å². The molecule has 8 N–H and O–H groups in total. The predicted octanol–water partition coefficient (Wildman–Crippen LogP) is 7.61. The molecular formula is C47H87NO10. The lowest BCUT2D eigenvalue weighted by atomic mass is 9.98. The molecule has 0 aliphatic carbocycles. The third kappa shape index (κ3) is 26.5. The van der Waals surface area contributed by atoms with Crippen LogP contribution < -0.4 is 5.32 Å². The maximum Gasteiger partial charge on any atom is 0.249 e. The van der Waals surface area contributed by atoms with Gasteiger partial charge in [0, 0.05) is 0 Å². The summed E-state index contributed by atoms with van der Waals surface area (Å²) in [5.74, 6) is -0.713. The van der Waals surface area contributed by atoms with Crippen LogP contribution in [0.1, 0.15) is 187 Å². The van der Waals surface area contributed by atoms with Gasteiger partial charge < -0.3 is 50.5 Å². The Morgan fingerprint density at radius 3 is 1.62 bits per heavy atom. The molecule has 0 spiro atoms. The van der Waals surface area contributed by atoms with Gasteiger partial charge in [-0.15, -0.1) is 0 Å². The number of ether oxygens (including phenoxy) is 2. The van der Waals surface area contributed by atoms with Crippen LogP contribution in [-0.4, -0.2) is 110 Å². The molecule has 1 rings (SSSR count). The standard InChI is InChI=1S/C47H87NO10/c1-3-5-7-9-11-13-15-17-18-19-20-21-23-25-27-29-31-33-35-40(51)46(56)48-38(37-57-47-45(55)44(54)43(53)41(36-49)58-47)42(52)39(50)34-32-30-28-26-24-22-16-14-12-10-8-6-4-2/h11,13,15,17,26,28,38-45,47,49-55H,3-10,12,14,16,18-25,27,29-37H2,1-2H3,(H,48,56)/b13-11-,17-15-,28-26+. The Morgan fingerprint density at radius 2 is 1.07 bits per heavy atom. The number of aliphatic hydroxyl groups excluding tert-OH is 7. The van der Waals surface area contributed by atoms with Crippen molar-refractivity contribution in [2.45, 2.75) is 242 Å². The number of carbonyl (C=O) groups excluding carboxylic acids is 1. The lowest BCUT2D eigenvalue weighted by Crippen LogP contribution is -2.60. The number of hydrogen-bond acceptors (Lipinski definition) is 10. The highest BCUT2D eigenvalue weighted by atomic mass is 16.7. The van der Waals surface area contributed by atoms with E-state index in [0.29, 0.717) is 12.8 Å². The van der Waals surface area contributed by atoms with Gasteiger partial charge in [0.1, 0.15) is 36.6 Å². The molecule has 0 radical (unpaired) electrons. The Labute approximate surface area is 352 Å². The first-order chi connectivity index (χ1) is 28.2. The summed E-state index contributed by atoms with van der Waals surface area (Å²) in [7, 11) is 0. The fraction of sp³-hybridized carbons (Fsp3) is 0.851. The van der Waals surface area contributed by atoms with Gasteiger partial charge >= 0.3 is 0 Å². The van der Waals surface area contributed by atoms with Crippen LogP contribution in [0.5, 0.6) is 0 Å². The van der Waals surface area contributed by atoms with Crippen molar-refractivity contribution in [3.05, 3.63) is 36.5 Å². The van der Waals surface area contributed by atoms with Crippen LogP contribution in [0.25, 0.3) is 0 Å². The molecule has 340 valence electrons. The van der Waals surface area contributed by atoms with E-state index in [0.717, 1.165) is 44.9 Å². The van der Waals surface area contributed by atoms with Crippen LogP contribution in [0, 0.1) is 0 Å². The van der Waals surface area contributed by atoms with Crippen LogP contribution in [0.15, 0.2) is 36.5 Å². The minimum absolute atomic E-state index is 0.248. The van der Waals surface area contributed by atoms with E-state index in [9.17, 15) is 40.5 Å². The monoisotopic (exact) mass is 826 g/mol. The molecule has 0 saturated carbocycles. The molecule has 11 heteroatoms. The van der Waals surface area contributed by atoms with E-state index in [1.54, 1.807) is 0 Å². The lowest BCUT2D eigenvalue weighted by Gasteiger charge is -2.40. The van der Waals surface area contributed by atoms with E-state index in [-0.39, 0.29) is 12.8 Å². The number of nitrogens with one attached hydrogen (secondary N) is 1. The number of aliphatic hydroxyl groups is 7. The molecule has 58 heavy (non-hydrogen) atoms. The molecule has 9 unspecified atom stereocenters. The maximum atomic E-state index is 13.1. The molecule has 1 fully saturated rings. The zero-order valence-corrected chi connectivity index (χ0v) is 36.5. The summed E-state index contributed by atoms with van der Waals surface area (Å²) in [4.78, 5) is 13.1. The predicted molar refractivity (Wildman–Crippen MR) is 233 cm³/mol. The first-order valence-corrected chi connectivity index (χ1v) is 23.4. The Balaban J connectivity index is 2.46. The molecule has 1 saturated heterocycles. The Bertz CT molecular complexity index is 1040. The third-order valence-corrected chi connectivity index (χ3v) is 11.2. The highest BCUT2D eigenvalue weighted by Crippen LogP contribution is 2.23. The largest absolute Gasteiger partial charge is 0.394 e. The van der Waals surface area contributed by atoms with E-state index < -0.39 is 74.2 Å². The fourth-order valence-corrected chi connectivity index (χ4v) is 7.25. The summed E-state index contributed by atoms with van der Waals surface area (Å²) in [6.45, 7) is 3.38. The Hall–Kier alpha value is -1.67. The van der Waals surface area contributed by atoms with Gasteiger partial charge in [0.05, 0.1) is 25.4 Å². The zero-order chi connectivity index (χ0) is 42.6. The molecule has 0 aromatic rings. The van der Waals surface area contributed by atoms with Gasteiger partial charge in [-0.3, -0.25) is 4.79 Å². The van der Waals surface area contributed by atoms with E-state index in [2.05, 4.69) is 55.6 Å². The lowest BCUT2D eigenvalue weighted by molar-refractivity contribution is -0.303. The van der Waals surface area contributed by atoms with Gasteiger partial charge in [0.25, 0.3) is 0 Å². The van der Waals surface area contributed by atoms with E-state index in [1.807, 2.05) is 0 Å². The average molecular weight is 826 g/mol. The second kappa shape index (κ2) is 37.1. The zero-order valence-electron chi connectivity index (χ0n) is 36.5. The van der Waals surface area contributed by atoms with E-state index >= 15 is 0 Å². The molecule has 0 aromatic carbocycles.